The van der Waals surface area contributed by atoms with Gasteiger partial charge in [-0.2, -0.15) is 0 Å². The summed E-state index contributed by atoms with van der Waals surface area (Å²) in [5.41, 5.74) is 3.23. The number of aromatic nitrogens is 3. The lowest BCUT2D eigenvalue weighted by Crippen LogP contribution is -2.10. The van der Waals surface area contributed by atoms with E-state index < -0.39 is 0 Å². The van der Waals surface area contributed by atoms with Crippen LogP contribution in [0.4, 0.5) is 11.6 Å². The van der Waals surface area contributed by atoms with E-state index in [0.717, 1.165) is 11.5 Å². The predicted octanol–water partition coefficient (Wildman–Crippen LogP) is 0.671. The van der Waals surface area contributed by atoms with Gasteiger partial charge in [0.25, 0.3) is 0 Å². The number of anilines is 2. The highest BCUT2D eigenvalue weighted by atomic mass is 16.5. The maximum Gasteiger partial charge on any atom is 0.160 e. The van der Waals surface area contributed by atoms with Crippen LogP contribution in [0.25, 0.3) is 0 Å². The Kier molecular flexibility index (Phi) is 2.97. The predicted molar refractivity (Wildman–Crippen MR) is 58.4 cm³/mol. The lowest BCUT2D eigenvalue weighted by molar-refractivity contribution is 0.391. The number of nitrogens with one attached hydrogen (secondary N) is 2. The smallest absolute Gasteiger partial charge is 0.160 e. The molecule has 84 valence electrons. The quantitative estimate of drug-likeness (QED) is 0.514. The Hall–Kier alpha value is -2.15. The van der Waals surface area contributed by atoms with Crippen LogP contribution in [0.3, 0.4) is 0 Å². The van der Waals surface area contributed by atoms with Gasteiger partial charge in [-0.1, -0.05) is 5.16 Å². The largest absolute Gasteiger partial charge is 0.363 e. The third kappa shape index (κ3) is 2.45. The molecule has 2 aromatic rings. The Morgan fingerprint density at radius 2 is 2.19 bits per heavy atom. The maximum atomic E-state index is 5.22. The van der Waals surface area contributed by atoms with E-state index in [0.29, 0.717) is 18.2 Å². The molecular formula is C9H12N6O. The Bertz CT molecular complexity index is 469. The first-order chi connectivity index (χ1) is 7.78. The summed E-state index contributed by atoms with van der Waals surface area (Å²) in [4.78, 5) is 8.11. The zero-order valence-corrected chi connectivity index (χ0v) is 8.77. The van der Waals surface area contributed by atoms with Crippen LogP contribution in [0.1, 0.15) is 11.5 Å². The molecule has 0 unspecified atom stereocenters. The van der Waals surface area contributed by atoms with Gasteiger partial charge in [-0.3, -0.25) is 4.98 Å². The molecule has 0 spiro atoms. The number of nitrogens with zero attached hydrogens (tertiary/aromatic N) is 3. The molecule has 0 amide bonds. The van der Waals surface area contributed by atoms with Crippen molar-refractivity contribution in [1.82, 2.24) is 15.1 Å². The summed E-state index contributed by atoms with van der Waals surface area (Å²) >= 11 is 0. The number of hydrogen-bond donors (Lipinski definition) is 3. The van der Waals surface area contributed by atoms with E-state index in [-0.39, 0.29) is 0 Å². The molecule has 0 radical (unpaired) electrons. The summed E-state index contributed by atoms with van der Waals surface area (Å²) < 4.78 is 4.94. The monoisotopic (exact) mass is 220 g/mol. The molecule has 2 heterocycles. The molecule has 2 rings (SSSR count). The van der Waals surface area contributed by atoms with Gasteiger partial charge >= 0.3 is 0 Å². The van der Waals surface area contributed by atoms with Crippen LogP contribution in [-0.2, 0) is 6.54 Å². The summed E-state index contributed by atoms with van der Waals surface area (Å²) in [5, 5.41) is 6.90. The van der Waals surface area contributed by atoms with Gasteiger partial charge in [0.15, 0.2) is 5.82 Å². The highest BCUT2D eigenvalue weighted by molar-refractivity contribution is 5.40. The molecule has 0 saturated carbocycles. The van der Waals surface area contributed by atoms with Crippen molar-refractivity contribution >= 4 is 11.6 Å². The molecule has 0 aliphatic rings. The first-order valence-electron chi connectivity index (χ1n) is 4.72. The Morgan fingerprint density at radius 3 is 2.88 bits per heavy atom. The average molecular weight is 220 g/mol. The summed E-state index contributed by atoms with van der Waals surface area (Å²) in [7, 11) is 0. The normalized spacial score (nSPS) is 10.1. The number of nitrogens with two attached hydrogens (primary N) is 1. The molecule has 2 aromatic heterocycles. The number of hydrazine groups is 1. The first-order valence-corrected chi connectivity index (χ1v) is 4.72. The molecule has 7 heteroatoms. The lowest BCUT2D eigenvalue weighted by atomic mass is 10.4. The second-order valence-corrected chi connectivity index (χ2v) is 3.22. The van der Waals surface area contributed by atoms with Crippen LogP contribution in [0, 0.1) is 6.92 Å². The molecule has 0 bridgehead atoms. The molecule has 0 fully saturated rings. The van der Waals surface area contributed by atoms with Gasteiger partial charge in [-0.25, -0.2) is 10.8 Å². The second kappa shape index (κ2) is 4.58. The fourth-order valence-electron chi connectivity index (χ4n) is 1.20. The van der Waals surface area contributed by atoms with Gasteiger partial charge in [-0.05, 0) is 6.92 Å². The first kappa shape index (κ1) is 10.4. The van der Waals surface area contributed by atoms with Gasteiger partial charge in [0, 0.05) is 6.07 Å². The van der Waals surface area contributed by atoms with E-state index in [4.69, 9.17) is 10.4 Å². The van der Waals surface area contributed by atoms with E-state index >= 15 is 0 Å². The topological polar surface area (TPSA) is 102 Å². The van der Waals surface area contributed by atoms with E-state index in [1.165, 1.54) is 6.20 Å². The highest BCUT2D eigenvalue weighted by Gasteiger charge is 2.01. The fraction of sp³-hybridized carbons (Fsp3) is 0.222. The third-order valence-corrected chi connectivity index (χ3v) is 1.91. The minimum absolute atomic E-state index is 0.501. The van der Waals surface area contributed by atoms with E-state index in [1.54, 1.807) is 6.20 Å². The van der Waals surface area contributed by atoms with Crippen LogP contribution in [0.2, 0.25) is 0 Å². The minimum Gasteiger partial charge on any atom is -0.363 e. The zero-order chi connectivity index (χ0) is 11.4. The van der Waals surface area contributed by atoms with Gasteiger partial charge in [0.2, 0.25) is 0 Å². The van der Waals surface area contributed by atoms with Gasteiger partial charge in [0.05, 0.1) is 18.9 Å². The molecule has 0 aliphatic heterocycles. The van der Waals surface area contributed by atoms with Gasteiger partial charge < -0.3 is 15.3 Å². The molecule has 4 N–H and O–H groups in total. The molecule has 0 aliphatic carbocycles. The summed E-state index contributed by atoms with van der Waals surface area (Å²) in [5.74, 6) is 7.12. The maximum absolute atomic E-state index is 5.22. The van der Waals surface area contributed by atoms with Crippen LogP contribution in [-0.4, -0.2) is 15.1 Å². The van der Waals surface area contributed by atoms with Crippen LogP contribution in [0.5, 0.6) is 0 Å². The molecule has 0 saturated heterocycles. The van der Waals surface area contributed by atoms with E-state index in [1.807, 2.05) is 13.0 Å². The lowest BCUT2D eigenvalue weighted by Gasteiger charge is -2.04. The van der Waals surface area contributed by atoms with Crippen molar-refractivity contribution in [3.63, 3.8) is 0 Å². The molecule has 7 nitrogen and oxygen atoms in total. The van der Waals surface area contributed by atoms with Crippen molar-refractivity contribution in [1.29, 1.82) is 0 Å². The van der Waals surface area contributed by atoms with Crippen molar-refractivity contribution in [3.05, 3.63) is 29.9 Å². The zero-order valence-electron chi connectivity index (χ0n) is 8.77. The highest BCUT2D eigenvalue weighted by Crippen LogP contribution is 2.08. The number of aryl methyl sites for hydroxylation is 1. The molecule has 16 heavy (non-hydrogen) atoms. The molecule has 0 aromatic carbocycles. The summed E-state index contributed by atoms with van der Waals surface area (Å²) in [6.07, 6.45) is 3.14. The van der Waals surface area contributed by atoms with Crippen molar-refractivity contribution in [2.45, 2.75) is 13.5 Å². The van der Waals surface area contributed by atoms with Crippen LogP contribution >= 0.6 is 0 Å². The van der Waals surface area contributed by atoms with Gasteiger partial charge in [0.1, 0.15) is 17.3 Å². The second-order valence-electron chi connectivity index (χ2n) is 3.22. The average Bonchev–Trinajstić information content (AvgIpc) is 2.73. The van der Waals surface area contributed by atoms with Crippen LogP contribution in [0.15, 0.2) is 23.0 Å². The van der Waals surface area contributed by atoms with Crippen molar-refractivity contribution in [3.8, 4) is 0 Å². The SMILES string of the molecule is Cc1cc(CNc2cncc(NN)n2)no1. The third-order valence-electron chi connectivity index (χ3n) is 1.91. The summed E-state index contributed by atoms with van der Waals surface area (Å²) in [6, 6.07) is 1.85. The summed E-state index contributed by atoms with van der Waals surface area (Å²) in [6.45, 7) is 2.37. The molecule has 0 atom stereocenters. The van der Waals surface area contributed by atoms with E-state index in [9.17, 15) is 0 Å². The minimum atomic E-state index is 0.501. The Balaban J connectivity index is 1.99. The van der Waals surface area contributed by atoms with Crippen molar-refractivity contribution in [2.75, 3.05) is 10.7 Å². The number of hydrogen-bond acceptors (Lipinski definition) is 7. The van der Waals surface area contributed by atoms with Gasteiger partial charge in [-0.15, -0.1) is 0 Å². The van der Waals surface area contributed by atoms with E-state index in [2.05, 4.69) is 25.9 Å². The Labute approximate surface area is 92.0 Å². The number of rotatable bonds is 4. The van der Waals surface area contributed by atoms with Crippen molar-refractivity contribution < 1.29 is 4.52 Å². The standard InChI is InChI=1S/C9H12N6O/c1-6-2-7(15-16-6)3-12-8-4-11-5-9(13-8)14-10/h2,4-5H,3,10H2,1H3,(H2,12,13,14). The Morgan fingerprint density at radius 1 is 1.38 bits per heavy atom. The number of nitrogen functional groups attached to an aromatic ring is 1. The fourth-order valence-corrected chi connectivity index (χ4v) is 1.20. The van der Waals surface area contributed by atoms with Crippen LogP contribution < -0.4 is 16.6 Å². The molecular weight excluding hydrogens is 208 g/mol. The van der Waals surface area contributed by atoms with Crippen molar-refractivity contribution in [2.24, 2.45) is 5.84 Å².